The fourth-order valence-electron chi connectivity index (χ4n) is 1.89. The van der Waals surface area contributed by atoms with Gasteiger partial charge >= 0.3 is 5.97 Å². The fourth-order valence-corrected chi connectivity index (χ4v) is 1.89. The number of hydrogen-bond acceptors (Lipinski definition) is 4. The van der Waals surface area contributed by atoms with Gasteiger partial charge in [0, 0.05) is 31.3 Å². The van der Waals surface area contributed by atoms with Crippen LogP contribution in [-0.2, 0) is 16.1 Å². The summed E-state index contributed by atoms with van der Waals surface area (Å²) in [5.74, 6) is -1.13. The van der Waals surface area contributed by atoms with E-state index in [1.807, 2.05) is 12.1 Å². The number of benzene rings is 1. The topological polar surface area (TPSA) is 68.9 Å². The van der Waals surface area contributed by atoms with Crippen molar-refractivity contribution < 1.29 is 23.8 Å². The molecule has 2 rings (SSSR count). The van der Waals surface area contributed by atoms with Crippen LogP contribution in [0.3, 0.4) is 0 Å². The molecule has 2 aromatic rings. The van der Waals surface area contributed by atoms with E-state index >= 15 is 0 Å². The van der Waals surface area contributed by atoms with Gasteiger partial charge in [0.1, 0.15) is 5.58 Å². The minimum atomic E-state index is -1.08. The highest BCUT2D eigenvalue weighted by Gasteiger charge is 2.19. The van der Waals surface area contributed by atoms with Gasteiger partial charge in [0.25, 0.3) is 0 Å². The van der Waals surface area contributed by atoms with Gasteiger partial charge in [0.15, 0.2) is 0 Å². The van der Waals surface area contributed by atoms with Crippen molar-refractivity contribution in [3.63, 3.8) is 0 Å². The van der Waals surface area contributed by atoms with Gasteiger partial charge < -0.3 is 19.0 Å². The number of rotatable bonds is 7. The number of carbonyl (C=O) groups is 1. The summed E-state index contributed by atoms with van der Waals surface area (Å²) in [6.45, 7) is 1.37. The van der Waals surface area contributed by atoms with Crippen LogP contribution in [0.25, 0.3) is 11.0 Å². The third kappa shape index (κ3) is 3.13. The molecule has 0 saturated heterocycles. The predicted octanol–water partition coefficient (Wildman–Crippen LogP) is 2.68. The first-order valence-corrected chi connectivity index (χ1v) is 6.04. The molecule has 0 aliphatic carbocycles. The lowest BCUT2D eigenvalue weighted by atomic mass is 10.1. The van der Waals surface area contributed by atoms with Gasteiger partial charge in [-0.2, -0.15) is 0 Å². The summed E-state index contributed by atoms with van der Waals surface area (Å²) < 4.78 is 15.7. The average Bonchev–Trinajstić information content (AvgIpc) is 2.78. The molecule has 0 radical (unpaired) electrons. The minimum Gasteiger partial charge on any atom is -0.475 e. The molecule has 0 saturated carbocycles. The standard InChI is InChI=1S/C14H16O5/c1-17-7-4-8-18-9-11-10-5-2-3-6-12(10)19-13(11)14(15)16/h2-3,5-6H,4,7-9H2,1H3,(H,15,16). The summed E-state index contributed by atoms with van der Waals surface area (Å²) >= 11 is 0. The Morgan fingerprint density at radius 3 is 2.84 bits per heavy atom. The van der Waals surface area contributed by atoms with Gasteiger partial charge in [-0.3, -0.25) is 0 Å². The third-order valence-electron chi connectivity index (χ3n) is 2.78. The monoisotopic (exact) mass is 264 g/mol. The highest BCUT2D eigenvalue weighted by Crippen LogP contribution is 2.26. The van der Waals surface area contributed by atoms with Crippen molar-refractivity contribution in [2.45, 2.75) is 13.0 Å². The van der Waals surface area contributed by atoms with E-state index < -0.39 is 5.97 Å². The molecule has 1 N–H and O–H groups in total. The van der Waals surface area contributed by atoms with Crippen molar-refractivity contribution in [2.24, 2.45) is 0 Å². The van der Waals surface area contributed by atoms with Gasteiger partial charge in [-0.15, -0.1) is 0 Å². The van der Waals surface area contributed by atoms with Crippen LogP contribution >= 0.6 is 0 Å². The summed E-state index contributed by atoms with van der Waals surface area (Å²) in [7, 11) is 1.63. The van der Waals surface area contributed by atoms with Crippen molar-refractivity contribution in [3.8, 4) is 0 Å². The van der Waals surface area contributed by atoms with Crippen molar-refractivity contribution in [1.82, 2.24) is 0 Å². The molecule has 0 atom stereocenters. The lowest BCUT2D eigenvalue weighted by Gasteiger charge is -2.03. The van der Waals surface area contributed by atoms with Crippen molar-refractivity contribution in [3.05, 3.63) is 35.6 Å². The summed E-state index contributed by atoms with van der Waals surface area (Å²) in [6.07, 6.45) is 0.773. The van der Waals surface area contributed by atoms with Gasteiger partial charge in [0.2, 0.25) is 5.76 Å². The Hall–Kier alpha value is -1.85. The van der Waals surface area contributed by atoms with E-state index in [2.05, 4.69) is 0 Å². The molecule has 5 nitrogen and oxygen atoms in total. The number of furan rings is 1. The number of ether oxygens (including phenoxy) is 2. The lowest BCUT2D eigenvalue weighted by Crippen LogP contribution is -2.03. The van der Waals surface area contributed by atoms with Crippen LogP contribution in [0.1, 0.15) is 22.5 Å². The maximum Gasteiger partial charge on any atom is 0.372 e. The third-order valence-corrected chi connectivity index (χ3v) is 2.78. The molecule has 5 heteroatoms. The number of hydrogen-bond donors (Lipinski definition) is 1. The second-order valence-electron chi connectivity index (χ2n) is 4.11. The number of para-hydroxylation sites is 1. The zero-order valence-corrected chi connectivity index (χ0v) is 10.7. The zero-order valence-electron chi connectivity index (χ0n) is 10.7. The molecule has 0 unspecified atom stereocenters. The molecule has 0 spiro atoms. The first kappa shape index (κ1) is 13.6. The molecule has 19 heavy (non-hydrogen) atoms. The second-order valence-corrected chi connectivity index (χ2v) is 4.11. The summed E-state index contributed by atoms with van der Waals surface area (Å²) in [4.78, 5) is 11.2. The minimum absolute atomic E-state index is 0.0482. The van der Waals surface area contributed by atoms with Crippen LogP contribution < -0.4 is 0 Å². The molecular formula is C14H16O5. The van der Waals surface area contributed by atoms with Crippen LogP contribution in [0.5, 0.6) is 0 Å². The van der Waals surface area contributed by atoms with Crippen LogP contribution in [0.2, 0.25) is 0 Å². The maximum atomic E-state index is 11.2. The van der Waals surface area contributed by atoms with E-state index in [0.717, 1.165) is 11.8 Å². The predicted molar refractivity (Wildman–Crippen MR) is 69.3 cm³/mol. The van der Waals surface area contributed by atoms with Crippen LogP contribution in [0, 0.1) is 0 Å². The summed E-state index contributed by atoms with van der Waals surface area (Å²) in [5, 5.41) is 9.92. The van der Waals surface area contributed by atoms with Gasteiger partial charge in [-0.05, 0) is 12.5 Å². The molecule has 0 aliphatic heterocycles. The van der Waals surface area contributed by atoms with Crippen molar-refractivity contribution >= 4 is 16.9 Å². The molecule has 102 valence electrons. The molecule has 0 amide bonds. The molecule has 0 fully saturated rings. The summed E-state index contributed by atoms with van der Waals surface area (Å²) in [5.41, 5.74) is 1.15. The van der Waals surface area contributed by atoms with Gasteiger partial charge in [0.05, 0.1) is 6.61 Å². The van der Waals surface area contributed by atoms with Crippen LogP contribution in [0.15, 0.2) is 28.7 Å². The van der Waals surface area contributed by atoms with Crippen molar-refractivity contribution in [1.29, 1.82) is 0 Å². The number of aromatic carboxylic acids is 1. The number of methoxy groups -OCH3 is 1. The highest BCUT2D eigenvalue weighted by atomic mass is 16.5. The van der Waals surface area contributed by atoms with E-state index in [1.54, 1.807) is 19.2 Å². The maximum absolute atomic E-state index is 11.2. The quantitative estimate of drug-likeness (QED) is 0.779. The molecule has 1 aromatic carbocycles. The Balaban J connectivity index is 2.15. The Morgan fingerprint density at radius 1 is 1.32 bits per heavy atom. The van der Waals surface area contributed by atoms with Crippen LogP contribution in [-0.4, -0.2) is 31.4 Å². The van der Waals surface area contributed by atoms with Crippen molar-refractivity contribution in [2.75, 3.05) is 20.3 Å². The van der Waals surface area contributed by atoms with Gasteiger partial charge in [-0.1, -0.05) is 18.2 Å². The summed E-state index contributed by atoms with van der Waals surface area (Å²) in [6, 6.07) is 7.23. The first-order valence-electron chi connectivity index (χ1n) is 6.04. The number of carboxylic acid groups (broad SMARTS) is 1. The highest BCUT2D eigenvalue weighted by molar-refractivity contribution is 5.94. The van der Waals surface area contributed by atoms with Gasteiger partial charge in [-0.25, -0.2) is 4.79 Å². The fraction of sp³-hybridized carbons (Fsp3) is 0.357. The van der Waals surface area contributed by atoms with Crippen LogP contribution in [0.4, 0.5) is 0 Å². The average molecular weight is 264 g/mol. The zero-order chi connectivity index (χ0) is 13.7. The first-order chi connectivity index (χ1) is 9.24. The largest absolute Gasteiger partial charge is 0.475 e. The molecule has 1 aromatic heterocycles. The lowest BCUT2D eigenvalue weighted by molar-refractivity contribution is 0.0646. The van der Waals surface area contributed by atoms with E-state index in [4.69, 9.17) is 19.0 Å². The van der Waals surface area contributed by atoms with E-state index in [0.29, 0.717) is 24.4 Å². The van der Waals surface area contributed by atoms with E-state index in [-0.39, 0.29) is 12.4 Å². The molecule has 0 bridgehead atoms. The number of fused-ring (bicyclic) bond motifs is 1. The van der Waals surface area contributed by atoms with E-state index in [9.17, 15) is 4.79 Å². The molecular weight excluding hydrogens is 248 g/mol. The number of carboxylic acids is 1. The second kappa shape index (κ2) is 6.36. The van der Waals surface area contributed by atoms with E-state index in [1.165, 1.54) is 0 Å². The Bertz CT molecular complexity index is 558. The SMILES string of the molecule is COCCCOCc1c(C(=O)O)oc2ccccc12. The normalized spacial score (nSPS) is 11.0. The Kier molecular flexibility index (Phi) is 4.54. The smallest absolute Gasteiger partial charge is 0.372 e. The molecule has 1 heterocycles. The Morgan fingerprint density at radius 2 is 2.11 bits per heavy atom. The Labute approximate surface area is 110 Å². The molecule has 0 aliphatic rings.